The molecule has 2 heterocycles. The third-order valence-electron chi connectivity index (χ3n) is 5.01. The van der Waals surface area contributed by atoms with Crippen molar-refractivity contribution in [3.05, 3.63) is 35.9 Å². The monoisotopic (exact) mass is 354 g/mol. The van der Waals surface area contributed by atoms with Crippen molar-refractivity contribution < 1.29 is 14.6 Å². The number of morpholine rings is 1. The molecule has 0 saturated carbocycles. The smallest absolute Gasteiger partial charge is 0.242 e. The maximum atomic E-state index is 13.0. The number of ether oxygens (including phenoxy) is 1. The van der Waals surface area contributed by atoms with Crippen LogP contribution in [-0.4, -0.2) is 53.8 Å². The van der Waals surface area contributed by atoms with Crippen LogP contribution < -0.4 is 5.32 Å². The number of halogens is 1. The van der Waals surface area contributed by atoms with Crippen LogP contribution in [0.25, 0.3) is 0 Å². The van der Waals surface area contributed by atoms with Crippen LogP contribution in [0.4, 0.5) is 0 Å². The highest BCUT2D eigenvalue weighted by atomic mass is 35.5. The van der Waals surface area contributed by atoms with E-state index in [1.807, 2.05) is 42.2 Å². The Morgan fingerprint density at radius 3 is 2.88 bits per heavy atom. The van der Waals surface area contributed by atoms with Crippen LogP contribution in [0.1, 0.15) is 37.9 Å². The summed E-state index contributed by atoms with van der Waals surface area (Å²) in [5.41, 5.74) is 0.420. The predicted molar refractivity (Wildman–Crippen MR) is 95.2 cm³/mol. The van der Waals surface area contributed by atoms with Crippen molar-refractivity contribution >= 4 is 18.3 Å². The Kier molecular flexibility index (Phi) is 6.63. The number of aliphatic hydroxyl groups excluding tert-OH is 1. The molecule has 3 rings (SSSR count). The van der Waals surface area contributed by atoms with Crippen LogP contribution in [0, 0.1) is 0 Å². The maximum absolute atomic E-state index is 13.0. The summed E-state index contributed by atoms with van der Waals surface area (Å²) in [6.45, 7) is 4.54. The number of benzene rings is 1. The largest absolute Gasteiger partial charge is 0.388 e. The Balaban J connectivity index is 0.00000208. The minimum absolute atomic E-state index is 0. The summed E-state index contributed by atoms with van der Waals surface area (Å²) < 4.78 is 5.57. The molecule has 2 fully saturated rings. The van der Waals surface area contributed by atoms with Gasteiger partial charge in [-0.15, -0.1) is 12.4 Å². The number of hydrogen-bond donors (Lipinski definition) is 2. The summed E-state index contributed by atoms with van der Waals surface area (Å²) in [5, 5.41) is 13.8. The molecule has 5 nitrogen and oxygen atoms in total. The average molecular weight is 355 g/mol. The van der Waals surface area contributed by atoms with Gasteiger partial charge in [0.25, 0.3) is 0 Å². The number of nitrogens with zero attached hydrogens (tertiary/aromatic N) is 1. The van der Waals surface area contributed by atoms with Crippen LogP contribution in [0.2, 0.25) is 0 Å². The van der Waals surface area contributed by atoms with E-state index in [0.717, 1.165) is 24.9 Å². The second kappa shape index (κ2) is 8.30. The number of aliphatic hydroxyl groups is 1. The molecule has 2 aliphatic rings. The van der Waals surface area contributed by atoms with Gasteiger partial charge in [-0.2, -0.15) is 0 Å². The van der Waals surface area contributed by atoms with Gasteiger partial charge >= 0.3 is 0 Å². The summed E-state index contributed by atoms with van der Waals surface area (Å²) in [6.07, 6.45) is 1.83. The van der Waals surface area contributed by atoms with Gasteiger partial charge in [0, 0.05) is 13.0 Å². The molecule has 0 aliphatic carbocycles. The first-order valence-corrected chi connectivity index (χ1v) is 8.47. The quantitative estimate of drug-likeness (QED) is 0.867. The number of carbonyl (C=O) groups excluding carboxylic acids is 1. The number of carbonyl (C=O) groups is 1. The first-order chi connectivity index (χ1) is 11.1. The molecule has 1 aromatic rings. The molecule has 1 aromatic carbocycles. The first-order valence-electron chi connectivity index (χ1n) is 8.47. The molecule has 6 heteroatoms. The van der Waals surface area contributed by atoms with Gasteiger partial charge in [-0.1, -0.05) is 30.3 Å². The van der Waals surface area contributed by atoms with E-state index < -0.39 is 11.6 Å². The zero-order valence-electron chi connectivity index (χ0n) is 14.1. The average Bonchev–Trinajstić information content (AvgIpc) is 3.03. The van der Waals surface area contributed by atoms with Crippen LogP contribution in [0.3, 0.4) is 0 Å². The van der Waals surface area contributed by atoms with E-state index in [-0.39, 0.29) is 24.4 Å². The molecular formula is C18H27ClN2O3. The third-order valence-corrected chi connectivity index (χ3v) is 5.01. The lowest BCUT2D eigenvalue weighted by molar-refractivity contribution is -0.147. The number of nitrogens with one attached hydrogen (secondary N) is 1. The molecule has 2 N–H and O–H groups in total. The first kappa shape index (κ1) is 19.2. The van der Waals surface area contributed by atoms with Gasteiger partial charge < -0.3 is 20.1 Å². The summed E-state index contributed by atoms with van der Waals surface area (Å²) in [7, 11) is 0. The van der Waals surface area contributed by atoms with Crippen molar-refractivity contribution in [2.45, 2.75) is 43.9 Å². The Morgan fingerprint density at radius 2 is 2.21 bits per heavy atom. The lowest BCUT2D eigenvalue weighted by Gasteiger charge is -2.40. The Bertz CT molecular complexity index is 534. The van der Waals surface area contributed by atoms with Crippen LogP contribution in [-0.2, 0) is 9.53 Å². The normalized spacial score (nSPS) is 28.2. The maximum Gasteiger partial charge on any atom is 0.242 e. The van der Waals surface area contributed by atoms with Crippen molar-refractivity contribution in [1.29, 1.82) is 0 Å². The van der Waals surface area contributed by atoms with Crippen molar-refractivity contribution in [3.8, 4) is 0 Å². The van der Waals surface area contributed by atoms with E-state index >= 15 is 0 Å². The predicted octanol–water partition coefficient (Wildman–Crippen LogP) is 1.90. The molecule has 3 unspecified atom stereocenters. The number of hydrogen-bond acceptors (Lipinski definition) is 4. The molecule has 2 saturated heterocycles. The third kappa shape index (κ3) is 4.09. The van der Waals surface area contributed by atoms with Crippen molar-refractivity contribution in [2.75, 3.05) is 26.3 Å². The summed E-state index contributed by atoms with van der Waals surface area (Å²) >= 11 is 0. The zero-order valence-corrected chi connectivity index (χ0v) is 14.9. The van der Waals surface area contributed by atoms with Gasteiger partial charge in [-0.05, 0) is 31.9 Å². The van der Waals surface area contributed by atoms with E-state index in [1.54, 1.807) is 0 Å². The van der Waals surface area contributed by atoms with Gasteiger partial charge in [0.05, 0.1) is 30.9 Å². The van der Waals surface area contributed by atoms with E-state index in [9.17, 15) is 9.90 Å². The number of amides is 1. The van der Waals surface area contributed by atoms with Crippen molar-refractivity contribution in [3.63, 3.8) is 0 Å². The molecule has 134 valence electrons. The Labute approximate surface area is 149 Å². The minimum atomic E-state index is -0.581. The molecule has 0 spiro atoms. The Morgan fingerprint density at radius 1 is 1.46 bits per heavy atom. The molecule has 0 aromatic heterocycles. The fraction of sp³-hybridized carbons (Fsp3) is 0.611. The van der Waals surface area contributed by atoms with Gasteiger partial charge in [0.15, 0.2) is 0 Å². The van der Waals surface area contributed by atoms with E-state index in [2.05, 4.69) is 5.32 Å². The van der Waals surface area contributed by atoms with Crippen LogP contribution >= 0.6 is 12.4 Å². The summed E-state index contributed by atoms with van der Waals surface area (Å²) in [6, 6.07) is 9.53. The summed E-state index contributed by atoms with van der Waals surface area (Å²) in [4.78, 5) is 14.9. The standard InChI is InChI=1S/C18H26N2O3.ClH/c1-18(8-5-9-19-18)17(22)20-10-11-23-13-15(20)12-16(21)14-6-3-2-4-7-14;/h2-4,6-7,15-16,19,21H,5,8-13H2,1H3;1H. The van der Waals surface area contributed by atoms with Gasteiger partial charge in [-0.25, -0.2) is 0 Å². The molecule has 3 atom stereocenters. The molecule has 1 amide bonds. The molecule has 24 heavy (non-hydrogen) atoms. The van der Waals surface area contributed by atoms with Gasteiger partial charge in [0.1, 0.15) is 0 Å². The Hall–Kier alpha value is -1.14. The lowest BCUT2D eigenvalue weighted by atomic mass is 9.95. The minimum Gasteiger partial charge on any atom is -0.388 e. The highest BCUT2D eigenvalue weighted by Gasteiger charge is 2.42. The topological polar surface area (TPSA) is 61.8 Å². The summed E-state index contributed by atoms with van der Waals surface area (Å²) in [5.74, 6) is 0.142. The lowest BCUT2D eigenvalue weighted by Crippen LogP contribution is -2.59. The van der Waals surface area contributed by atoms with Crippen molar-refractivity contribution in [2.24, 2.45) is 0 Å². The second-order valence-corrected chi connectivity index (χ2v) is 6.75. The number of rotatable bonds is 4. The van der Waals surface area contributed by atoms with Gasteiger partial charge in [0.2, 0.25) is 5.91 Å². The van der Waals surface area contributed by atoms with Gasteiger partial charge in [-0.3, -0.25) is 4.79 Å². The molecule has 0 bridgehead atoms. The van der Waals surface area contributed by atoms with E-state index in [4.69, 9.17) is 4.74 Å². The van der Waals surface area contributed by atoms with E-state index in [0.29, 0.717) is 26.2 Å². The highest BCUT2D eigenvalue weighted by Crippen LogP contribution is 2.27. The van der Waals surface area contributed by atoms with Crippen LogP contribution in [0.15, 0.2) is 30.3 Å². The molecule has 0 radical (unpaired) electrons. The van der Waals surface area contributed by atoms with E-state index in [1.165, 1.54) is 0 Å². The fourth-order valence-corrected chi connectivity index (χ4v) is 3.58. The highest BCUT2D eigenvalue weighted by molar-refractivity contribution is 5.86. The van der Waals surface area contributed by atoms with Crippen LogP contribution in [0.5, 0.6) is 0 Å². The zero-order chi connectivity index (χ0) is 16.3. The SMILES string of the molecule is CC1(C(=O)N2CCOCC2CC(O)c2ccccc2)CCCN1.Cl. The second-order valence-electron chi connectivity index (χ2n) is 6.75. The van der Waals surface area contributed by atoms with Crippen molar-refractivity contribution in [1.82, 2.24) is 10.2 Å². The molecular weight excluding hydrogens is 328 g/mol. The molecule has 2 aliphatic heterocycles. The fourth-order valence-electron chi connectivity index (χ4n) is 3.58.